The van der Waals surface area contributed by atoms with E-state index in [0.717, 1.165) is 26.1 Å². The molecule has 1 saturated heterocycles. The van der Waals surface area contributed by atoms with Crippen LogP contribution in [0.1, 0.15) is 25.8 Å². The van der Waals surface area contributed by atoms with Gasteiger partial charge in [0.15, 0.2) is 0 Å². The number of hydrogen-bond acceptors (Lipinski definition) is 3. The highest BCUT2D eigenvalue weighted by atomic mass is 16.5. The molecule has 0 radical (unpaired) electrons. The summed E-state index contributed by atoms with van der Waals surface area (Å²) in [5, 5.41) is 0. The van der Waals surface area contributed by atoms with Crippen molar-refractivity contribution >= 4 is 5.97 Å². The minimum absolute atomic E-state index is 0.0550. The van der Waals surface area contributed by atoms with Crippen molar-refractivity contribution in [3.05, 3.63) is 35.9 Å². The average Bonchev–Trinajstić information content (AvgIpc) is 2.74. The molecule has 0 spiro atoms. The quantitative estimate of drug-likeness (QED) is 0.765. The van der Waals surface area contributed by atoms with Crippen LogP contribution in [-0.2, 0) is 16.1 Å². The summed E-state index contributed by atoms with van der Waals surface area (Å²) in [6, 6.07) is 10.4. The lowest BCUT2D eigenvalue weighted by Gasteiger charge is -2.22. The first-order valence-electron chi connectivity index (χ1n) is 6.57. The average molecular weight is 247 g/mol. The molecule has 1 aromatic carbocycles. The number of carbonyl (C=O) groups is 1. The van der Waals surface area contributed by atoms with Gasteiger partial charge in [-0.3, -0.25) is 9.69 Å². The van der Waals surface area contributed by atoms with Crippen molar-refractivity contribution in [3.63, 3.8) is 0 Å². The van der Waals surface area contributed by atoms with Crippen LogP contribution in [-0.4, -0.2) is 30.6 Å². The fourth-order valence-electron chi connectivity index (χ4n) is 2.51. The predicted octanol–water partition coefficient (Wildman–Crippen LogP) is 2.46. The number of carbonyl (C=O) groups excluding carboxylic acids is 1. The summed E-state index contributed by atoms with van der Waals surface area (Å²) in [6.45, 7) is 7.00. The number of ether oxygens (including phenoxy) is 1. The van der Waals surface area contributed by atoms with Crippen LogP contribution in [0.5, 0.6) is 0 Å². The molecule has 0 saturated carbocycles. The Kier molecular flexibility index (Phi) is 4.02. The van der Waals surface area contributed by atoms with Crippen LogP contribution >= 0.6 is 0 Å². The van der Waals surface area contributed by atoms with Crippen molar-refractivity contribution in [2.45, 2.75) is 26.8 Å². The zero-order valence-electron chi connectivity index (χ0n) is 11.2. The van der Waals surface area contributed by atoms with Crippen molar-refractivity contribution in [2.24, 2.45) is 5.41 Å². The maximum Gasteiger partial charge on any atom is 0.313 e. The summed E-state index contributed by atoms with van der Waals surface area (Å²) in [5.41, 5.74) is 0.968. The van der Waals surface area contributed by atoms with E-state index < -0.39 is 0 Å². The van der Waals surface area contributed by atoms with E-state index in [9.17, 15) is 4.79 Å². The number of esters is 1. The molecule has 1 atom stereocenters. The minimum atomic E-state index is -0.329. The van der Waals surface area contributed by atoms with Crippen molar-refractivity contribution in [1.29, 1.82) is 0 Å². The number of hydrogen-bond donors (Lipinski definition) is 0. The molecule has 1 unspecified atom stereocenters. The first-order valence-corrected chi connectivity index (χ1v) is 6.57. The van der Waals surface area contributed by atoms with Gasteiger partial charge in [-0.25, -0.2) is 0 Å². The molecule has 0 aromatic heterocycles. The molecule has 0 amide bonds. The summed E-state index contributed by atoms with van der Waals surface area (Å²) < 4.78 is 5.16. The Hall–Kier alpha value is -1.35. The van der Waals surface area contributed by atoms with Gasteiger partial charge in [-0.2, -0.15) is 0 Å². The molecule has 1 aromatic rings. The third-order valence-electron chi connectivity index (χ3n) is 3.57. The first kappa shape index (κ1) is 13.1. The third-order valence-corrected chi connectivity index (χ3v) is 3.57. The largest absolute Gasteiger partial charge is 0.466 e. The van der Waals surface area contributed by atoms with Gasteiger partial charge < -0.3 is 4.74 Å². The maximum absolute atomic E-state index is 11.9. The lowest BCUT2D eigenvalue weighted by atomic mass is 9.90. The van der Waals surface area contributed by atoms with Crippen molar-refractivity contribution in [2.75, 3.05) is 19.7 Å². The smallest absolute Gasteiger partial charge is 0.313 e. The normalized spacial score (nSPS) is 24.1. The predicted molar refractivity (Wildman–Crippen MR) is 71.1 cm³/mol. The lowest BCUT2D eigenvalue weighted by Crippen LogP contribution is -2.33. The fourth-order valence-corrected chi connectivity index (χ4v) is 2.51. The first-order chi connectivity index (χ1) is 8.64. The molecule has 1 aliphatic rings. The second-order valence-electron chi connectivity index (χ2n) is 5.23. The Morgan fingerprint density at radius 3 is 2.78 bits per heavy atom. The van der Waals surface area contributed by atoms with Crippen molar-refractivity contribution < 1.29 is 9.53 Å². The highest BCUT2D eigenvalue weighted by molar-refractivity contribution is 5.77. The van der Waals surface area contributed by atoms with Crippen LogP contribution in [0.3, 0.4) is 0 Å². The molecule has 2 rings (SSSR count). The number of nitrogens with zero attached hydrogens (tertiary/aromatic N) is 1. The van der Waals surface area contributed by atoms with E-state index in [-0.39, 0.29) is 11.4 Å². The van der Waals surface area contributed by atoms with Gasteiger partial charge in [-0.15, -0.1) is 0 Å². The van der Waals surface area contributed by atoms with E-state index >= 15 is 0 Å². The van der Waals surface area contributed by atoms with E-state index in [4.69, 9.17) is 4.74 Å². The Balaban J connectivity index is 1.94. The van der Waals surface area contributed by atoms with Crippen LogP contribution in [0.2, 0.25) is 0 Å². The van der Waals surface area contributed by atoms with E-state index in [2.05, 4.69) is 29.2 Å². The van der Waals surface area contributed by atoms with Gasteiger partial charge in [0.05, 0.1) is 12.0 Å². The van der Waals surface area contributed by atoms with Gasteiger partial charge in [0.2, 0.25) is 0 Å². The topological polar surface area (TPSA) is 29.5 Å². The van der Waals surface area contributed by atoms with Gasteiger partial charge in [0, 0.05) is 13.1 Å². The summed E-state index contributed by atoms with van der Waals surface area (Å²) >= 11 is 0. The summed E-state index contributed by atoms with van der Waals surface area (Å²) in [5.74, 6) is -0.0550. The highest BCUT2D eigenvalue weighted by Gasteiger charge is 2.41. The number of benzene rings is 1. The van der Waals surface area contributed by atoms with Gasteiger partial charge in [-0.05, 0) is 32.4 Å². The number of rotatable bonds is 4. The van der Waals surface area contributed by atoms with Crippen LogP contribution < -0.4 is 0 Å². The van der Waals surface area contributed by atoms with Gasteiger partial charge in [0.1, 0.15) is 0 Å². The van der Waals surface area contributed by atoms with Crippen molar-refractivity contribution in [1.82, 2.24) is 4.90 Å². The Morgan fingerprint density at radius 2 is 2.11 bits per heavy atom. The van der Waals surface area contributed by atoms with E-state index in [1.54, 1.807) is 0 Å². The molecule has 1 heterocycles. The molecular weight excluding hydrogens is 226 g/mol. The second kappa shape index (κ2) is 5.53. The Bertz CT molecular complexity index is 404. The van der Waals surface area contributed by atoms with Crippen LogP contribution in [0.25, 0.3) is 0 Å². The monoisotopic (exact) mass is 247 g/mol. The Labute approximate surface area is 109 Å². The van der Waals surface area contributed by atoms with E-state index in [0.29, 0.717) is 6.61 Å². The zero-order valence-corrected chi connectivity index (χ0v) is 11.2. The summed E-state index contributed by atoms with van der Waals surface area (Å²) in [6.07, 6.45) is 0.888. The third kappa shape index (κ3) is 2.91. The lowest BCUT2D eigenvalue weighted by molar-refractivity contribution is -0.153. The van der Waals surface area contributed by atoms with Gasteiger partial charge in [-0.1, -0.05) is 30.3 Å². The molecule has 3 nitrogen and oxygen atoms in total. The molecule has 0 N–H and O–H groups in total. The molecule has 98 valence electrons. The minimum Gasteiger partial charge on any atom is -0.466 e. The zero-order chi connectivity index (χ0) is 13.0. The molecule has 1 fully saturated rings. The molecular formula is C15H21NO2. The van der Waals surface area contributed by atoms with E-state index in [1.807, 2.05) is 19.9 Å². The van der Waals surface area contributed by atoms with Gasteiger partial charge >= 0.3 is 5.97 Å². The maximum atomic E-state index is 11.9. The Morgan fingerprint density at radius 1 is 1.39 bits per heavy atom. The molecule has 18 heavy (non-hydrogen) atoms. The molecule has 0 bridgehead atoms. The van der Waals surface area contributed by atoms with Crippen molar-refractivity contribution in [3.8, 4) is 0 Å². The van der Waals surface area contributed by atoms with Gasteiger partial charge in [0.25, 0.3) is 0 Å². The second-order valence-corrected chi connectivity index (χ2v) is 5.23. The molecule has 0 aliphatic carbocycles. The van der Waals surface area contributed by atoms with Crippen LogP contribution in [0, 0.1) is 5.41 Å². The molecule has 1 aliphatic heterocycles. The van der Waals surface area contributed by atoms with E-state index in [1.165, 1.54) is 5.56 Å². The summed E-state index contributed by atoms with van der Waals surface area (Å²) in [4.78, 5) is 14.2. The SMILES string of the molecule is CCOC(=O)C1(C)CCN(Cc2ccccc2)C1. The van der Waals surface area contributed by atoms with Crippen LogP contribution in [0.15, 0.2) is 30.3 Å². The molecule has 3 heteroatoms. The standard InChI is InChI=1S/C15H21NO2/c1-3-18-14(17)15(2)9-10-16(12-15)11-13-7-5-4-6-8-13/h4-8H,3,9-12H2,1-2H3. The highest BCUT2D eigenvalue weighted by Crippen LogP contribution is 2.32. The summed E-state index contributed by atoms with van der Waals surface area (Å²) in [7, 11) is 0. The number of likely N-dealkylation sites (tertiary alicyclic amines) is 1. The van der Waals surface area contributed by atoms with Crippen LogP contribution in [0.4, 0.5) is 0 Å². The fraction of sp³-hybridized carbons (Fsp3) is 0.533.